The lowest BCUT2D eigenvalue weighted by molar-refractivity contribution is -0.907. The number of hydrogen-bond acceptors (Lipinski definition) is 6. The lowest BCUT2D eigenvalue weighted by Crippen LogP contribution is -2.53. The van der Waals surface area contributed by atoms with Gasteiger partial charge in [-0.3, -0.25) is 9.59 Å². The van der Waals surface area contributed by atoms with Crippen LogP contribution in [0.25, 0.3) is 10.8 Å². The SMILES string of the molecule is C[N+](CCN)(CCN)CCC[C@H](N)C(=O)N[C@@H](COc1ccc2ccccc2c1)C(=O)Nc1ccc(F)c(F)c1F. The highest BCUT2D eigenvalue weighted by Gasteiger charge is 2.27. The third-order valence-corrected chi connectivity index (χ3v) is 6.95. The van der Waals surface area contributed by atoms with E-state index in [9.17, 15) is 22.8 Å². The fourth-order valence-corrected chi connectivity index (χ4v) is 4.52. The van der Waals surface area contributed by atoms with Gasteiger partial charge < -0.3 is 37.1 Å². The molecular formula is C29H38F3N6O3+. The van der Waals surface area contributed by atoms with E-state index < -0.39 is 47.0 Å². The number of nitrogens with one attached hydrogen (secondary N) is 2. The Bertz CT molecular complexity index is 1340. The van der Waals surface area contributed by atoms with Gasteiger partial charge in [0.2, 0.25) is 5.91 Å². The van der Waals surface area contributed by atoms with Crippen LogP contribution in [0.15, 0.2) is 54.6 Å². The number of ether oxygens (including phenoxy) is 1. The third-order valence-electron chi connectivity index (χ3n) is 6.95. The van der Waals surface area contributed by atoms with Crippen LogP contribution < -0.4 is 32.6 Å². The number of carbonyl (C=O) groups excluding carboxylic acids is 2. The van der Waals surface area contributed by atoms with Crippen molar-refractivity contribution in [3.05, 3.63) is 72.0 Å². The van der Waals surface area contributed by atoms with Gasteiger partial charge in [0.15, 0.2) is 17.5 Å². The van der Waals surface area contributed by atoms with Gasteiger partial charge in [0.1, 0.15) is 18.4 Å². The summed E-state index contributed by atoms with van der Waals surface area (Å²) < 4.78 is 47.8. The molecule has 0 bridgehead atoms. The van der Waals surface area contributed by atoms with E-state index in [1.54, 1.807) is 12.1 Å². The molecule has 2 atom stereocenters. The smallest absolute Gasteiger partial charge is 0.250 e. The number of quaternary nitrogens is 1. The summed E-state index contributed by atoms with van der Waals surface area (Å²) in [7, 11) is 2.03. The van der Waals surface area contributed by atoms with Crippen LogP contribution in [0.2, 0.25) is 0 Å². The number of amides is 2. The fraction of sp³-hybridized carbons (Fsp3) is 0.379. The van der Waals surface area contributed by atoms with Gasteiger partial charge in [-0.05, 0) is 47.9 Å². The van der Waals surface area contributed by atoms with Crippen LogP contribution in [-0.4, -0.2) is 74.8 Å². The Hall–Kier alpha value is -3.71. The number of nitrogens with two attached hydrogens (primary N) is 3. The molecule has 0 saturated carbocycles. The highest BCUT2D eigenvalue weighted by atomic mass is 19.2. The van der Waals surface area contributed by atoms with Gasteiger partial charge in [-0.25, -0.2) is 13.2 Å². The molecule has 0 aromatic heterocycles. The largest absolute Gasteiger partial charge is 0.491 e. The van der Waals surface area contributed by atoms with Crippen molar-refractivity contribution in [2.75, 3.05) is 51.7 Å². The van der Waals surface area contributed by atoms with Gasteiger partial charge in [-0.1, -0.05) is 30.3 Å². The first-order valence-corrected chi connectivity index (χ1v) is 13.4. The molecule has 0 aliphatic rings. The van der Waals surface area contributed by atoms with Crippen molar-refractivity contribution in [2.24, 2.45) is 17.2 Å². The Labute approximate surface area is 237 Å². The summed E-state index contributed by atoms with van der Waals surface area (Å²) in [6.07, 6.45) is 0.933. The normalized spacial score (nSPS) is 13.0. The van der Waals surface area contributed by atoms with Gasteiger partial charge in [0.25, 0.3) is 5.91 Å². The van der Waals surface area contributed by atoms with Crippen LogP contribution in [-0.2, 0) is 9.59 Å². The van der Waals surface area contributed by atoms with Crippen LogP contribution in [0.3, 0.4) is 0 Å². The second-order valence-electron chi connectivity index (χ2n) is 10.2. The quantitative estimate of drug-likeness (QED) is 0.139. The zero-order chi connectivity index (χ0) is 30.0. The molecule has 3 rings (SSSR count). The highest BCUT2D eigenvalue weighted by Crippen LogP contribution is 2.22. The van der Waals surface area contributed by atoms with E-state index in [1.165, 1.54) is 0 Å². The standard InChI is InChI=1S/C29H37F3N6O3/c1-38(15-12-33,16-13-34)14-4-7-23(35)28(39)37-25(29(40)36-24-11-10-22(30)26(31)27(24)32)18-41-21-9-8-19-5-2-3-6-20(19)17-21/h2-3,5-6,8-11,17,23,25H,4,7,12-16,18,33-35H2,1H3,(H-,36,37,39,40)/p+1/t23-,25-/m0/s1. The fourth-order valence-electron chi connectivity index (χ4n) is 4.52. The molecule has 3 aromatic rings. The molecular weight excluding hydrogens is 537 g/mol. The molecule has 12 heteroatoms. The van der Waals surface area contributed by atoms with Crippen LogP contribution in [0.4, 0.5) is 18.9 Å². The first kappa shape index (κ1) is 31.8. The molecule has 2 amide bonds. The van der Waals surface area contributed by atoms with Crippen LogP contribution in [0, 0.1) is 17.5 Å². The minimum atomic E-state index is -1.73. The van der Waals surface area contributed by atoms with Crippen molar-refractivity contribution in [3.63, 3.8) is 0 Å². The molecule has 0 aliphatic carbocycles. The zero-order valence-electron chi connectivity index (χ0n) is 23.0. The van der Waals surface area contributed by atoms with Gasteiger partial charge in [0, 0.05) is 13.1 Å². The summed E-state index contributed by atoms with van der Waals surface area (Å²) in [4.78, 5) is 26.1. The van der Waals surface area contributed by atoms with Crippen LogP contribution in [0.1, 0.15) is 12.8 Å². The summed E-state index contributed by atoms with van der Waals surface area (Å²) in [5.74, 6) is -5.78. The maximum atomic E-state index is 14.2. The maximum Gasteiger partial charge on any atom is 0.250 e. The van der Waals surface area contributed by atoms with Crippen molar-refractivity contribution in [2.45, 2.75) is 24.9 Å². The van der Waals surface area contributed by atoms with E-state index in [1.807, 2.05) is 37.4 Å². The number of anilines is 1. The first-order valence-electron chi connectivity index (χ1n) is 13.4. The second-order valence-corrected chi connectivity index (χ2v) is 10.2. The van der Waals surface area contributed by atoms with Gasteiger partial charge in [0.05, 0.1) is 38.4 Å². The Morgan fingerprint density at radius 1 is 0.902 bits per heavy atom. The number of halogens is 3. The summed E-state index contributed by atoms with van der Waals surface area (Å²) in [6, 6.07) is 12.2. The summed E-state index contributed by atoms with van der Waals surface area (Å²) in [6.45, 7) is 2.82. The van der Waals surface area contributed by atoms with Crippen molar-refractivity contribution in [3.8, 4) is 5.75 Å². The zero-order valence-corrected chi connectivity index (χ0v) is 23.0. The lowest BCUT2D eigenvalue weighted by Gasteiger charge is -2.34. The average molecular weight is 576 g/mol. The van der Waals surface area contributed by atoms with E-state index in [0.717, 1.165) is 29.9 Å². The molecule has 0 radical (unpaired) electrons. The monoisotopic (exact) mass is 575 g/mol. The molecule has 41 heavy (non-hydrogen) atoms. The molecule has 9 nitrogen and oxygen atoms in total. The summed E-state index contributed by atoms with van der Waals surface area (Å²) >= 11 is 0. The van der Waals surface area contributed by atoms with E-state index >= 15 is 0 Å². The van der Waals surface area contributed by atoms with Crippen molar-refractivity contribution < 1.29 is 32.0 Å². The van der Waals surface area contributed by atoms with Crippen molar-refractivity contribution in [1.29, 1.82) is 0 Å². The summed E-state index contributed by atoms with van der Waals surface area (Å²) in [5, 5.41) is 6.63. The molecule has 0 unspecified atom stereocenters. The molecule has 222 valence electrons. The average Bonchev–Trinajstić information content (AvgIpc) is 2.95. The number of likely N-dealkylation sites (N-methyl/N-ethyl adjacent to an activating group) is 1. The predicted octanol–water partition coefficient (Wildman–Crippen LogP) is 2.23. The number of rotatable bonds is 15. The van der Waals surface area contributed by atoms with E-state index in [4.69, 9.17) is 21.9 Å². The molecule has 0 spiro atoms. The van der Waals surface area contributed by atoms with E-state index in [0.29, 0.717) is 48.8 Å². The molecule has 8 N–H and O–H groups in total. The number of hydrogen-bond donors (Lipinski definition) is 5. The number of benzene rings is 3. The van der Waals surface area contributed by atoms with Gasteiger partial charge in [-0.15, -0.1) is 0 Å². The predicted molar refractivity (Wildman–Crippen MR) is 152 cm³/mol. The van der Waals surface area contributed by atoms with E-state index in [2.05, 4.69) is 10.6 Å². The molecule has 0 heterocycles. The van der Waals surface area contributed by atoms with Crippen molar-refractivity contribution in [1.82, 2.24) is 5.32 Å². The summed E-state index contributed by atoms with van der Waals surface area (Å²) in [5.41, 5.74) is 17.0. The van der Waals surface area contributed by atoms with Crippen LogP contribution in [0.5, 0.6) is 5.75 Å². The van der Waals surface area contributed by atoms with Crippen LogP contribution >= 0.6 is 0 Å². The second kappa shape index (κ2) is 14.8. The molecule has 0 fully saturated rings. The minimum Gasteiger partial charge on any atom is -0.491 e. The van der Waals surface area contributed by atoms with Gasteiger partial charge >= 0.3 is 0 Å². The third kappa shape index (κ3) is 8.89. The minimum absolute atomic E-state index is 0.326. The number of carbonyl (C=O) groups is 2. The first-order chi connectivity index (χ1) is 19.6. The van der Waals surface area contributed by atoms with E-state index in [-0.39, 0.29) is 6.61 Å². The molecule has 3 aromatic carbocycles. The van der Waals surface area contributed by atoms with Crippen molar-refractivity contribution >= 4 is 28.3 Å². The Morgan fingerprint density at radius 2 is 1.59 bits per heavy atom. The maximum absolute atomic E-state index is 14.2. The topological polar surface area (TPSA) is 145 Å². The molecule has 0 saturated heterocycles. The number of fused-ring (bicyclic) bond motifs is 1. The molecule has 0 aliphatic heterocycles. The number of nitrogens with zero attached hydrogens (tertiary/aromatic N) is 1. The Morgan fingerprint density at radius 3 is 2.27 bits per heavy atom. The Balaban J connectivity index is 1.70. The van der Waals surface area contributed by atoms with Gasteiger partial charge in [-0.2, -0.15) is 0 Å². The lowest BCUT2D eigenvalue weighted by atomic mass is 10.1. The highest BCUT2D eigenvalue weighted by molar-refractivity contribution is 5.98. The Kier molecular flexibility index (Phi) is 11.5.